The summed E-state index contributed by atoms with van der Waals surface area (Å²) in [5, 5.41) is 2.73. The van der Waals surface area contributed by atoms with Gasteiger partial charge in [0.2, 0.25) is 11.8 Å². The van der Waals surface area contributed by atoms with Gasteiger partial charge in [0.05, 0.1) is 0 Å². The summed E-state index contributed by atoms with van der Waals surface area (Å²) in [6.07, 6.45) is 5.63. The van der Waals surface area contributed by atoms with E-state index in [1.54, 1.807) is 6.08 Å². The average molecular weight is 348 g/mol. The topological polar surface area (TPSA) is 49.4 Å². The van der Waals surface area contributed by atoms with Crippen LogP contribution in [0.2, 0.25) is 0 Å². The van der Waals surface area contributed by atoms with Crippen LogP contribution in [0.4, 0.5) is 5.69 Å². The number of rotatable bonds is 6. The molecule has 0 aliphatic heterocycles. The van der Waals surface area contributed by atoms with Gasteiger partial charge in [0, 0.05) is 31.3 Å². The maximum absolute atomic E-state index is 12.7. The summed E-state index contributed by atoms with van der Waals surface area (Å²) in [4.78, 5) is 25.7. The van der Waals surface area contributed by atoms with Crippen LogP contribution in [0.3, 0.4) is 0 Å². The minimum Gasteiger partial charge on any atom is -0.332 e. The average Bonchev–Trinajstić information content (AvgIpc) is 3.43. The number of benzene rings is 2. The van der Waals surface area contributed by atoms with Crippen molar-refractivity contribution in [2.45, 2.75) is 39.3 Å². The van der Waals surface area contributed by atoms with Crippen molar-refractivity contribution < 1.29 is 9.59 Å². The fourth-order valence-corrected chi connectivity index (χ4v) is 2.92. The van der Waals surface area contributed by atoms with Crippen molar-refractivity contribution >= 4 is 23.6 Å². The molecule has 0 radical (unpaired) electrons. The van der Waals surface area contributed by atoms with Gasteiger partial charge < -0.3 is 10.2 Å². The van der Waals surface area contributed by atoms with Crippen molar-refractivity contribution in [3.05, 3.63) is 71.3 Å². The van der Waals surface area contributed by atoms with E-state index in [4.69, 9.17) is 0 Å². The Hall–Kier alpha value is -2.88. The van der Waals surface area contributed by atoms with Gasteiger partial charge in [-0.05, 0) is 49.1 Å². The minimum absolute atomic E-state index is 0.0416. The van der Waals surface area contributed by atoms with Gasteiger partial charge in [0.25, 0.3) is 0 Å². The Balaban J connectivity index is 1.66. The number of aryl methyl sites for hydroxylation is 1. The first-order valence-electron chi connectivity index (χ1n) is 8.93. The summed E-state index contributed by atoms with van der Waals surface area (Å²) in [5.41, 5.74) is 4.05. The number of carbonyl (C=O) groups is 2. The Kier molecular flexibility index (Phi) is 5.52. The lowest BCUT2D eigenvalue weighted by molar-refractivity contribution is -0.127. The van der Waals surface area contributed by atoms with Gasteiger partial charge in [0.1, 0.15) is 0 Å². The number of anilines is 1. The molecule has 1 aliphatic carbocycles. The molecule has 1 saturated carbocycles. The van der Waals surface area contributed by atoms with E-state index in [2.05, 4.69) is 30.4 Å². The van der Waals surface area contributed by atoms with Crippen molar-refractivity contribution in [1.82, 2.24) is 4.90 Å². The Morgan fingerprint density at radius 3 is 2.50 bits per heavy atom. The highest BCUT2D eigenvalue weighted by Gasteiger charge is 2.31. The highest BCUT2D eigenvalue weighted by molar-refractivity contribution is 5.92. The first kappa shape index (κ1) is 17.9. The quantitative estimate of drug-likeness (QED) is 0.797. The zero-order valence-corrected chi connectivity index (χ0v) is 15.2. The Labute approximate surface area is 154 Å². The summed E-state index contributed by atoms with van der Waals surface area (Å²) in [6.45, 7) is 4.20. The van der Waals surface area contributed by atoms with Crippen LogP contribution in [-0.4, -0.2) is 22.8 Å². The van der Waals surface area contributed by atoms with E-state index in [1.165, 1.54) is 18.1 Å². The van der Waals surface area contributed by atoms with Crippen LogP contribution in [0.1, 0.15) is 36.5 Å². The lowest BCUT2D eigenvalue weighted by Gasteiger charge is -2.21. The fourth-order valence-electron chi connectivity index (χ4n) is 2.92. The summed E-state index contributed by atoms with van der Waals surface area (Å²) in [7, 11) is 0. The molecule has 134 valence electrons. The maximum atomic E-state index is 12.7. The van der Waals surface area contributed by atoms with Crippen LogP contribution in [-0.2, 0) is 16.1 Å². The second-order valence-corrected chi connectivity index (χ2v) is 6.82. The van der Waals surface area contributed by atoms with Crippen LogP contribution < -0.4 is 5.32 Å². The zero-order valence-electron chi connectivity index (χ0n) is 15.2. The summed E-state index contributed by atoms with van der Waals surface area (Å²) in [6, 6.07) is 16.1. The number of nitrogens with one attached hydrogen (secondary N) is 1. The molecule has 2 aromatic rings. The summed E-state index contributed by atoms with van der Waals surface area (Å²) < 4.78 is 0. The number of nitrogens with zero attached hydrogens (tertiary/aromatic N) is 1. The van der Waals surface area contributed by atoms with Gasteiger partial charge in [-0.15, -0.1) is 0 Å². The van der Waals surface area contributed by atoms with Gasteiger partial charge >= 0.3 is 0 Å². The molecule has 26 heavy (non-hydrogen) atoms. The fraction of sp³-hybridized carbons (Fsp3) is 0.273. The van der Waals surface area contributed by atoms with Crippen molar-refractivity contribution in [3.8, 4) is 0 Å². The molecule has 0 bridgehead atoms. The standard InChI is InChI=1S/C22H24N2O2/c1-16-4-3-5-19(14-16)15-24(21-11-12-21)22(26)13-8-18-6-9-20(10-7-18)23-17(2)25/h3-10,13-14,21H,11-12,15H2,1-2H3,(H,23,25)/b13-8+. The second-order valence-electron chi connectivity index (χ2n) is 6.82. The maximum Gasteiger partial charge on any atom is 0.247 e. The predicted octanol–water partition coefficient (Wildman–Crippen LogP) is 4.16. The monoisotopic (exact) mass is 348 g/mol. The number of hydrogen-bond acceptors (Lipinski definition) is 2. The Morgan fingerprint density at radius 2 is 1.88 bits per heavy atom. The third-order valence-electron chi connectivity index (χ3n) is 4.36. The van der Waals surface area contributed by atoms with Crippen molar-refractivity contribution in [2.75, 3.05) is 5.32 Å². The van der Waals surface area contributed by atoms with E-state index in [0.29, 0.717) is 12.6 Å². The molecule has 0 atom stereocenters. The van der Waals surface area contributed by atoms with Crippen molar-refractivity contribution in [2.24, 2.45) is 0 Å². The molecule has 0 heterocycles. The molecule has 3 rings (SSSR count). The molecule has 1 aliphatic rings. The summed E-state index contributed by atoms with van der Waals surface area (Å²) in [5.74, 6) is -0.0559. The molecule has 2 amide bonds. The molecule has 4 heteroatoms. The normalized spacial score (nSPS) is 13.6. The Morgan fingerprint density at radius 1 is 1.15 bits per heavy atom. The summed E-state index contributed by atoms with van der Waals surface area (Å²) >= 11 is 0. The van der Waals surface area contributed by atoms with Crippen LogP contribution in [0.25, 0.3) is 6.08 Å². The molecule has 0 aromatic heterocycles. The number of carbonyl (C=O) groups excluding carboxylic acids is 2. The first-order valence-corrected chi connectivity index (χ1v) is 8.93. The van der Waals surface area contributed by atoms with E-state index >= 15 is 0 Å². The molecule has 2 aromatic carbocycles. The van der Waals surface area contributed by atoms with Gasteiger partial charge in [-0.1, -0.05) is 42.0 Å². The molecule has 4 nitrogen and oxygen atoms in total. The molecule has 1 N–H and O–H groups in total. The third-order valence-corrected chi connectivity index (χ3v) is 4.36. The lowest BCUT2D eigenvalue weighted by atomic mass is 10.1. The highest BCUT2D eigenvalue weighted by atomic mass is 16.2. The van der Waals surface area contributed by atoms with Gasteiger partial charge in [-0.2, -0.15) is 0 Å². The van der Waals surface area contributed by atoms with Crippen LogP contribution in [0.5, 0.6) is 0 Å². The van der Waals surface area contributed by atoms with Crippen LogP contribution >= 0.6 is 0 Å². The molecular weight excluding hydrogens is 324 g/mol. The van der Waals surface area contributed by atoms with Gasteiger partial charge in [0.15, 0.2) is 0 Å². The van der Waals surface area contributed by atoms with E-state index in [0.717, 1.165) is 24.1 Å². The van der Waals surface area contributed by atoms with E-state index in [-0.39, 0.29) is 11.8 Å². The predicted molar refractivity (Wildman–Crippen MR) is 105 cm³/mol. The largest absolute Gasteiger partial charge is 0.332 e. The molecule has 0 spiro atoms. The molecule has 0 unspecified atom stereocenters. The second kappa shape index (κ2) is 8.00. The smallest absolute Gasteiger partial charge is 0.247 e. The highest BCUT2D eigenvalue weighted by Crippen LogP contribution is 2.29. The molecule has 0 saturated heterocycles. The van der Waals surface area contributed by atoms with Crippen molar-refractivity contribution in [3.63, 3.8) is 0 Å². The van der Waals surface area contributed by atoms with Gasteiger partial charge in [-0.3, -0.25) is 9.59 Å². The van der Waals surface area contributed by atoms with E-state index < -0.39 is 0 Å². The Bertz CT molecular complexity index is 820. The number of amides is 2. The lowest BCUT2D eigenvalue weighted by Crippen LogP contribution is -2.31. The third kappa shape index (κ3) is 5.06. The SMILES string of the molecule is CC(=O)Nc1ccc(/C=C/C(=O)N(Cc2cccc(C)c2)C2CC2)cc1. The van der Waals surface area contributed by atoms with Gasteiger partial charge in [-0.25, -0.2) is 0 Å². The van der Waals surface area contributed by atoms with Crippen LogP contribution in [0.15, 0.2) is 54.6 Å². The number of hydrogen-bond donors (Lipinski definition) is 1. The minimum atomic E-state index is -0.0975. The van der Waals surface area contributed by atoms with Crippen molar-refractivity contribution in [1.29, 1.82) is 0 Å². The van der Waals surface area contributed by atoms with E-state index in [9.17, 15) is 9.59 Å². The zero-order chi connectivity index (χ0) is 18.5. The first-order chi connectivity index (χ1) is 12.5. The molecule has 1 fully saturated rings. The molecular formula is C22H24N2O2. The van der Waals surface area contributed by atoms with Crippen LogP contribution in [0, 0.1) is 6.92 Å². The van der Waals surface area contributed by atoms with E-state index in [1.807, 2.05) is 41.3 Å².